The molecule has 0 spiro atoms. The minimum absolute atomic E-state index is 0.168. The number of nitrogens with two attached hydrogens (primary N) is 1. The van der Waals surface area contributed by atoms with Crippen molar-refractivity contribution in [3.05, 3.63) is 66.0 Å². The van der Waals surface area contributed by atoms with Crippen molar-refractivity contribution in [1.82, 2.24) is 30.1 Å². The fraction of sp³-hybridized carbons (Fsp3) is 0.105. The van der Waals surface area contributed by atoms with Crippen molar-refractivity contribution in [1.29, 1.82) is 0 Å². The first-order chi connectivity index (χ1) is 13.7. The van der Waals surface area contributed by atoms with Gasteiger partial charge in [-0.25, -0.2) is 4.98 Å². The summed E-state index contributed by atoms with van der Waals surface area (Å²) >= 11 is 1.43. The van der Waals surface area contributed by atoms with Crippen LogP contribution in [-0.4, -0.2) is 30.1 Å². The quantitative estimate of drug-likeness (QED) is 0.428. The Morgan fingerprint density at radius 2 is 1.75 bits per heavy atom. The van der Waals surface area contributed by atoms with Crippen molar-refractivity contribution in [2.45, 2.75) is 17.8 Å². The summed E-state index contributed by atoms with van der Waals surface area (Å²) in [7, 11) is 0. The standard InChI is InChI=1S/C19H18N8S/c1-12-7-5-6-10-14(12)21-18-23-15(22-17(20)25-18)11-28-19-24-16(26-27-19)13-8-3-2-4-9-13/h2-10H,11H2,1H3,(H,24,26,27)(H3,20,21,22,23,25). The molecule has 0 aliphatic heterocycles. The predicted octanol–water partition coefficient (Wildman–Crippen LogP) is 3.58. The number of rotatable bonds is 6. The zero-order chi connectivity index (χ0) is 19.3. The SMILES string of the molecule is Cc1ccccc1Nc1nc(N)nc(CSc2n[nH]c(-c3ccccc3)n2)n1. The van der Waals surface area contributed by atoms with Crippen LogP contribution < -0.4 is 11.1 Å². The summed E-state index contributed by atoms with van der Waals surface area (Å²) in [4.78, 5) is 17.3. The van der Waals surface area contributed by atoms with E-state index in [1.54, 1.807) is 0 Å². The van der Waals surface area contributed by atoms with Crippen molar-refractivity contribution in [2.75, 3.05) is 11.1 Å². The molecule has 4 aromatic rings. The number of benzene rings is 2. The van der Waals surface area contributed by atoms with Crippen LogP contribution in [0.3, 0.4) is 0 Å². The lowest BCUT2D eigenvalue weighted by atomic mass is 10.2. The van der Waals surface area contributed by atoms with E-state index in [-0.39, 0.29) is 5.95 Å². The lowest BCUT2D eigenvalue weighted by molar-refractivity contribution is 0.955. The number of H-pyrrole nitrogens is 1. The van der Waals surface area contributed by atoms with Gasteiger partial charge in [-0.3, -0.25) is 5.10 Å². The summed E-state index contributed by atoms with van der Waals surface area (Å²) < 4.78 is 0. The molecule has 8 nitrogen and oxygen atoms in total. The molecule has 0 amide bonds. The van der Waals surface area contributed by atoms with Crippen LogP contribution in [0.4, 0.5) is 17.6 Å². The molecule has 0 saturated carbocycles. The fourth-order valence-corrected chi connectivity index (χ4v) is 3.21. The second-order valence-electron chi connectivity index (χ2n) is 5.99. The first-order valence-electron chi connectivity index (χ1n) is 8.61. The molecule has 28 heavy (non-hydrogen) atoms. The topological polar surface area (TPSA) is 118 Å². The van der Waals surface area contributed by atoms with Gasteiger partial charge in [0.05, 0.1) is 5.75 Å². The van der Waals surface area contributed by atoms with Gasteiger partial charge in [0.25, 0.3) is 0 Å². The summed E-state index contributed by atoms with van der Waals surface area (Å²) in [6.45, 7) is 2.01. The second-order valence-corrected chi connectivity index (χ2v) is 6.94. The number of hydrogen-bond donors (Lipinski definition) is 3. The van der Waals surface area contributed by atoms with Gasteiger partial charge in [-0.2, -0.15) is 15.0 Å². The van der Waals surface area contributed by atoms with Crippen LogP contribution in [0.1, 0.15) is 11.4 Å². The molecule has 0 unspecified atom stereocenters. The summed E-state index contributed by atoms with van der Waals surface area (Å²) in [6.07, 6.45) is 0. The van der Waals surface area contributed by atoms with Crippen molar-refractivity contribution in [2.24, 2.45) is 0 Å². The van der Waals surface area contributed by atoms with Gasteiger partial charge in [0, 0.05) is 11.3 Å². The van der Waals surface area contributed by atoms with Crippen LogP contribution in [0.5, 0.6) is 0 Å². The molecular formula is C19H18N8S. The highest BCUT2D eigenvalue weighted by Crippen LogP contribution is 2.22. The van der Waals surface area contributed by atoms with Crippen LogP contribution in [0.15, 0.2) is 59.8 Å². The van der Waals surface area contributed by atoms with E-state index in [1.165, 1.54) is 11.8 Å². The average Bonchev–Trinajstić information content (AvgIpc) is 3.18. The Hall–Kier alpha value is -3.46. The van der Waals surface area contributed by atoms with Gasteiger partial charge < -0.3 is 11.1 Å². The van der Waals surface area contributed by atoms with Gasteiger partial charge in [0.1, 0.15) is 5.82 Å². The molecule has 9 heteroatoms. The van der Waals surface area contributed by atoms with E-state index in [4.69, 9.17) is 5.73 Å². The molecule has 0 radical (unpaired) electrons. The van der Waals surface area contributed by atoms with Gasteiger partial charge in [-0.1, -0.05) is 60.3 Å². The van der Waals surface area contributed by atoms with Crippen molar-refractivity contribution in [3.63, 3.8) is 0 Å². The smallest absolute Gasteiger partial charge is 0.232 e. The van der Waals surface area contributed by atoms with E-state index in [0.717, 1.165) is 22.6 Å². The van der Waals surface area contributed by atoms with Crippen LogP contribution in [-0.2, 0) is 5.75 Å². The highest BCUT2D eigenvalue weighted by Gasteiger charge is 2.10. The van der Waals surface area contributed by atoms with Gasteiger partial charge >= 0.3 is 0 Å². The van der Waals surface area contributed by atoms with Crippen molar-refractivity contribution >= 4 is 29.3 Å². The minimum Gasteiger partial charge on any atom is -0.368 e. The highest BCUT2D eigenvalue weighted by atomic mass is 32.2. The van der Waals surface area contributed by atoms with E-state index < -0.39 is 0 Å². The zero-order valence-electron chi connectivity index (χ0n) is 15.1. The summed E-state index contributed by atoms with van der Waals surface area (Å²) in [5.41, 5.74) is 8.85. The minimum atomic E-state index is 0.168. The Kier molecular flexibility index (Phi) is 5.16. The second kappa shape index (κ2) is 8.05. The van der Waals surface area contributed by atoms with E-state index in [2.05, 4.69) is 35.5 Å². The van der Waals surface area contributed by atoms with E-state index in [9.17, 15) is 0 Å². The van der Waals surface area contributed by atoms with E-state index in [1.807, 2.05) is 61.5 Å². The number of hydrogen-bond acceptors (Lipinski definition) is 8. The largest absolute Gasteiger partial charge is 0.368 e. The average molecular weight is 390 g/mol. The molecule has 4 N–H and O–H groups in total. The third-order valence-corrected chi connectivity index (χ3v) is 4.78. The van der Waals surface area contributed by atoms with Crippen molar-refractivity contribution < 1.29 is 0 Å². The number of thioether (sulfide) groups is 1. The van der Waals surface area contributed by atoms with E-state index in [0.29, 0.717) is 22.7 Å². The Labute approximate surface area is 166 Å². The van der Waals surface area contributed by atoms with Crippen LogP contribution >= 0.6 is 11.8 Å². The molecule has 0 bridgehead atoms. The summed E-state index contributed by atoms with van der Waals surface area (Å²) in [6, 6.07) is 17.7. The van der Waals surface area contributed by atoms with Gasteiger partial charge in [0.2, 0.25) is 17.1 Å². The van der Waals surface area contributed by atoms with Gasteiger partial charge in [-0.05, 0) is 18.6 Å². The van der Waals surface area contributed by atoms with Gasteiger partial charge in [0.15, 0.2) is 5.82 Å². The first kappa shape index (κ1) is 17.9. The monoisotopic (exact) mass is 390 g/mol. The number of aromatic amines is 1. The summed E-state index contributed by atoms with van der Waals surface area (Å²) in [5, 5.41) is 11.0. The number of anilines is 3. The third kappa shape index (κ3) is 4.26. The summed E-state index contributed by atoms with van der Waals surface area (Å²) in [5.74, 6) is 2.33. The lowest BCUT2D eigenvalue weighted by Crippen LogP contribution is -2.07. The molecule has 0 aliphatic rings. The van der Waals surface area contributed by atoms with Crippen LogP contribution in [0, 0.1) is 6.92 Å². The number of para-hydroxylation sites is 1. The maximum Gasteiger partial charge on any atom is 0.232 e. The molecule has 2 heterocycles. The number of aryl methyl sites for hydroxylation is 1. The molecule has 0 aliphatic carbocycles. The Balaban J connectivity index is 1.46. The Bertz CT molecular complexity index is 1080. The normalized spacial score (nSPS) is 10.8. The molecule has 4 rings (SSSR count). The number of nitrogen functional groups attached to an aromatic ring is 1. The third-order valence-electron chi connectivity index (χ3n) is 3.93. The number of nitrogens with zero attached hydrogens (tertiary/aromatic N) is 5. The molecule has 0 atom stereocenters. The van der Waals surface area contributed by atoms with Gasteiger partial charge in [-0.15, -0.1) is 5.10 Å². The Morgan fingerprint density at radius 3 is 2.57 bits per heavy atom. The molecule has 2 aromatic carbocycles. The molecule has 140 valence electrons. The predicted molar refractivity (Wildman–Crippen MR) is 110 cm³/mol. The molecule has 0 fully saturated rings. The molecule has 0 saturated heterocycles. The zero-order valence-corrected chi connectivity index (χ0v) is 15.9. The maximum absolute atomic E-state index is 5.85. The first-order valence-corrected chi connectivity index (χ1v) is 9.59. The highest BCUT2D eigenvalue weighted by molar-refractivity contribution is 7.98. The lowest BCUT2D eigenvalue weighted by Gasteiger charge is -2.09. The van der Waals surface area contributed by atoms with E-state index >= 15 is 0 Å². The fourth-order valence-electron chi connectivity index (χ4n) is 2.56. The number of nitrogens with one attached hydrogen (secondary N) is 2. The van der Waals surface area contributed by atoms with Crippen molar-refractivity contribution in [3.8, 4) is 11.4 Å². The Morgan fingerprint density at radius 1 is 0.964 bits per heavy atom. The number of aromatic nitrogens is 6. The maximum atomic E-state index is 5.85. The molecule has 2 aromatic heterocycles. The van der Waals surface area contributed by atoms with Crippen LogP contribution in [0.25, 0.3) is 11.4 Å². The molecular weight excluding hydrogens is 372 g/mol. The van der Waals surface area contributed by atoms with Crippen LogP contribution in [0.2, 0.25) is 0 Å².